The fraction of sp³-hybridized carbons (Fsp3) is 0.0690. The molecule has 0 radical (unpaired) electrons. The van der Waals surface area contributed by atoms with Crippen LogP contribution in [0.1, 0.15) is 15.9 Å². The number of halogens is 2. The normalized spacial score (nSPS) is 10.8. The van der Waals surface area contributed by atoms with E-state index in [0.29, 0.717) is 22.1 Å². The summed E-state index contributed by atoms with van der Waals surface area (Å²) in [7, 11) is 1.43. The number of benzene rings is 4. The minimum atomic E-state index is -1.30. The second-order valence-corrected chi connectivity index (χ2v) is 8.70. The van der Waals surface area contributed by atoms with Gasteiger partial charge in [-0.15, -0.1) is 0 Å². The highest BCUT2D eigenvalue weighted by atomic mass is 35.5. The molecular formula is C29H22Cl2N2O6. The molecule has 8 nitrogen and oxygen atoms in total. The summed E-state index contributed by atoms with van der Waals surface area (Å²) in [6, 6.07) is 26.8. The molecule has 0 atom stereocenters. The van der Waals surface area contributed by atoms with E-state index in [0.717, 1.165) is 0 Å². The highest BCUT2D eigenvalue weighted by Gasteiger charge is 2.22. The lowest BCUT2D eigenvalue weighted by Gasteiger charge is -2.18. The topological polar surface area (TPSA) is 95.5 Å². The summed E-state index contributed by atoms with van der Waals surface area (Å²) in [5.74, 6) is 0.0335. The molecule has 0 bridgehead atoms. The van der Waals surface area contributed by atoms with Gasteiger partial charge < -0.3 is 18.9 Å². The van der Waals surface area contributed by atoms with E-state index in [1.54, 1.807) is 60.7 Å². The maximum Gasteiger partial charge on any atom is 0.345 e. The van der Waals surface area contributed by atoms with Crippen LogP contribution in [-0.2, 0) is 4.79 Å². The van der Waals surface area contributed by atoms with E-state index < -0.39 is 18.2 Å². The number of hydrogen-bond acceptors (Lipinski definition) is 7. The molecule has 4 aromatic rings. The molecular weight excluding hydrogens is 543 g/mol. The molecule has 0 spiro atoms. The van der Waals surface area contributed by atoms with Crippen molar-refractivity contribution in [2.24, 2.45) is 5.10 Å². The van der Waals surface area contributed by atoms with Crippen molar-refractivity contribution >= 4 is 41.3 Å². The van der Waals surface area contributed by atoms with Gasteiger partial charge in [0.2, 0.25) is 0 Å². The van der Waals surface area contributed by atoms with Crippen LogP contribution in [0.25, 0.3) is 0 Å². The van der Waals surface area contributed by atoms with E-state index in [9.17, 15) is 9.59 Å². The lowest BCUT2D eigenvalue weighted by molar-refractivity contribution is -0.140. The average molecular weight is 565 g/mol. The van der Waals surface area contributed by atoms with E-state index in [1.165, 1.54) is 37.6 Å². The molecule has 4 aromatic carbocycles. The third-order valence-electron chi connectivity index (χ3n) is 5.12. The van der Waals surface area contributed by atoms with Crippen LogP contribution in [0.3, 0.4) is 0 Å². The molecule has 0 fully saturated rings. The Kier molecular flexibility index (Phi) is 9.39. The third-order valence-corrected chi connectivity index (χ3v) is 5.66. The van der Waals surface area contributed by atoms with Crippen LogP contribution in [-0.4, -0.2) is 31.5 Å². The second-order valence-electron chi connectivity index (χ2n) is 7.85. The third kappa shape index (κ3) is 7.73. The van der Waals surface area contributed by atoms with E-state index in [-0.39, 0.29) is 22.1 Å². The molecule has 0 aliphatic rings. The molecule has 1 N–H and O–H groups in total. The van der Waals surface area contributed by atoms with E-state index in [2.05, 4.69) is 10.5 Å². The first-order chi connectivity index (χ1) is 18.9. The van der Waals surface area contributed by atoms with Crippen LogP contribution in [0, 0.1) is 0 Å². The van der Waals surface area contributed by atoms with Gasteiger partial charge in [-0.25, -0.2) is 10.2 Å². The van der Waals surface area contributed by atoms with Gasteiger partial charge in [-0.05, 0) is 66.2 Å². The molecule has 0 unspecified atom stereocenters. The number of hydrazone groups is 1. The fourth-order valence-corrected chi connectivity index (χ4v) is 3.74. The monoisotopic (exact) mass is 564 g/mol. The van der Waals surface area contributed by atoms with Gasteiger partial charge in [-0.2, -0.15) is 5.10 Å². The van der Waals surface area contributed by atoms with Crippen LogP contribution >= 0.6 is 23.2 Å². The zero-order chi connectivity index (χ0) is 27.6. The molecule has 0 aliphatic heterocycles. The number of amides is 1. The Morgan fingerprint density at radius 2 is 1.46 bits per heavy atom. The van der Waals surface area contributed by atoms with Gasteiger partial charge in [0, 0.05) is 5.02 Å². The van der Waals surface area contributed by atoms with Crippen molar-refractivity contribution in [3.8, 4) is 23.0 Å². The number of methoxy groups -OCH3 is 1. The highest BCUT2D eigenvalue weighted by molar-refractivity contribution is 6.36. The SMILES string of the molecule is COc1cc(/C=N/NC(=O)C(Oc2ccccc2)Oc2ccccc2)ccc1OC(=O)c1ccc(Cl)cc1Cl. The van der Waals surface area contributed by atoms with Crippen LogP contribution in [0.5, 0.6) is 23.0 Å². The van der Waals surface area contributed by atoms with Crippen LogP contribution in [0.2, 0.25) is 10.0 Å². The summed E-state index contributed by atoms with van der Waals surface area (Å²) in [6.45, 7) is 0. The van der Waals surface area contributed by atoms with Crippen molar-refractivity contribution in [1.29, 1.82) is 0 Å². The Balaban J connectivity index is 1.43. The number of esters is 1. The zero-order valence-electron chi connectivity index (χ0n) is 20.5. The first-order valence-corrected chi connectivity index (χ1v) is 12.3. The van der Waals surface area contributed by atoms with Gasteiger partial charge in [-0.3, -0.25) is 4.79 Å². The average Bonchev–Trinajstić information content (AvgIpc) is 2.94. The Labute approximate surface area is 234 Å². The number of nitrogens with one attached hydrogen (secondary N) is 1. The Morgan fingerprint density at radius 1 is 0.821 bits per heavy atom. The van der Waals surface area contributed by atoms with Crippen molar-refractivity contribution in [1.82, 2.24) is 5.43 Å². The highest BCUT2D eigenvalue weighted by Crippen LogP contribution is 2.30. The largest absolute Gasteiger partial charge is 0.493 e. The van der Waals surface area contributed by atoms with Crippen molar-refractivity contribution in [3.05, 3.63) is 118 Å². The summed E-state index contributed by atoms with van der Waals surface area (Å²) in [4.78, 5) is 25.4. The van der Waals surface area contributed by atoms with Gasteiger partial charge >= 0.3 is 18.2 Å². The summed E-state index contributed by atoms with van der Waals surface area (Å²) < 4.78 is 22.3. The summed E-state index contributed by atoms with van der Waals surface area (Å²) in [6.07, 6.45) is 0.0902. The number of rotatable bonds is 10. The molecule has 0 saturated heterocycles. The first kappa shape index (κ1) is 27.5. The lowest BCUT2D eigenvalue weighted by atomic mass is 10.2. The number of carbonyl (C=O) groups excluding carboxylic acids is 2. The number of nitrogens with zero attached hydrogens (tertiary/aromatic N) is 1. The maximum atomic E-state index is 12.8. The van der Waals surface area contributed by atoms with Gasteiger partial charge in [0.1, 0.15) is 11.5 Å². The smallest absolute Gasteiger partial charge is 0.345 e. The van der Waals surface area contributed by atoms with Crippen molar-refractivity contribution in [3.63, 3.8) is 0 Å². The van der Waals surface area contributed by atoms with Crippen LogP contribution < -0.4 is 24.4 Å². The van der Waals surface area contributed by atoms with Crippen LogP contribution in [0.4, 0.5) is 0 Å². The molecule has 198 valence electrons. The standard InChI is InChI=1S/C29H22Cl2N2O6/c1-36-26-16-19(12-15-25(26)39-28(35)23-14-13-20(30)17-24(23)31)18-32-33-27(34)29(37-21-8-4-2-5-9-21)38-22-10-6-3-7-11-22/h2-18,29H,1H3,(H,33,34)/b32-18+. The predicted octanol–water partition coefficient (Wildman–Crippen LogP) is 6.16. The quantitative estimate of drug-likeness (QED) is 0.0815. The molecule has 0 saturated carbocycles. The molecule has 0 aliphatic carbocycles. The van der Waals surface area contributed by atoms with E-state index in [1.807, 2.05) is 12.1 Å². The fourth-order valence-electron chi connectivity index (χ4n) is 3.26. The predicted molar refractivity (Wildman–Crippen MR) is 148 cm³/mol. The van der Waals surface area contributed by atoms with E-state index >= 15 is 0 Å². The molecule has 1 amide bonds. The van der Waals surface area contributed by atoms with Gasteiger partial charge in [-0.1, -0.05) is 59.6 Å². The molecule has 0 heterocycles. The van der Waals surface area contributed by atoms with Gasteiger partial charge in [0.05, 0.1) is 23.9 Å². The Bertz CT molecular complexity index is 1420. The summed E-state index contributed by atoms with van der Waals surface area (Å²) in [5.41, 5.74) is 3.13. The number of para-hydroxylation sites is 2. The van der Waals surface area contributed by atoms with Gasteiger partial charge in [0.25, 0.3) is 0 Å². The summed E-state index contributed by atoms with van der Waals surface area (Å²) >= 11 is 12.0. The summed E-state index contributed by atoms with van der Waals surface area (Å²) in [5, 5.41) is 4.56. The van der Waals surface area contributed by atoms with E-state index in [4.69, 9.17) is 42.1 Å². The minimum absolute atomic E-state index is 0.154. The Morgan fingerprint density at radius 3 is 2.05 bits per heavy atom. The van der Waals surface area contributed by atoms with Crippen molar-refractivity contribution in [2.45, 2.75) is 6.29 Å². The number of carbonyl (C=O) groups is 2. The van der Waals surface area contributed by atoms with Crippen molar-refractivity contribution < 1.29 is 28.5 Å². The van der Waals surface area contributed by atoms with Crippen LogP contribution in [0.15, 0.2) is 102 Å². The molecule has 39 heavy (non-hydrogen) atoms. The minimum Gasteiger partial charge on any atom is -0.493 e. The van der Waals surface area contributed by atoms with Gasteiger partial charge in [0.15, 0.2) is 11.5 Å². The molecule has 10 heteroatoms. The Hall–Kier alpha value is -4.53. The lowest BCUT2D eigenvalue weighted by Crippen LogP contribution is -2.40. The molecule has 0 aromatic heterocycles. The van der Waals surface area contributed by atoms with Crippen molar-refractivity contribution in [2.75, 3.05) is 7.11 Å². The molecule has 4 rings (SSSR count). The second kappa shape index (κ2) is 13.3. The number of ether oxygens (including phenoxy) is 4. The first-order valence-electron chi connectivity index (χ1n) is 11.5. The number of hydrogen-bond donors (Lipinski definition) is 1. The maximum absolute atomic E-state index is 12.8. The zero-order valence-corrected chi connectivity index (χ0v) is 22.1.